The molecule has 3 heteroatoms. The van der Waals surface area contributed by atoms with Gasteiger partial charge in [0.25, 0.3) is 0 Å². The SMILES string of the molecule is COC1C(=O)CC1OC1CCC(C)CC1. The third-order valence-electron chi connectivity index (χ3n) is 3.64. The number of hydrogen-bond acceptors (Lipinski definition) is 3. The van der Waals surface area contributed by atoms with Crippen LogP contribution < -0.4 is 0 Å². The number of carbonyl (C=O) groups is 1. The van der Waals surface area contributed by atoms with Gasteiger partial charge in [0.1, 0.15) is 6.10 Å². The summed E-state index contributed by atoms with van der Waals surface area (Å²) in [6.45, 7) is 2.29. The lowest BCUT2D eigenvalue weighted by Crippen LogP contribution is -2.51. The first-order valence-corrected chi connectivity index (χ1v) is 5.91. The summed E-state index contributed by atoms with van der Waals surface area (Å²) in [7, 11) is 1.58. The molecule has 0 amide bonds. The summed E-state index contributed by atoms with van der Waals surface area (Å²) in [6.07, 6.45) is 5.43. The minimum Gasteiger partial charge on any atom is -0.371 e. The van der Waals surface area contributed by atoms with Gasteiger partial charge in [-0.15, -0.1) is 0 Å². The van der Waals surface area contributed by atoms with Crippen LogP contribution in [0.15, 0.2) is 0 Å². The van der Waals surface area contributed by atoms with Crippen LogP contribution in [0.1, 0.15) is 39.0 Å². The molecule has 2 aliphatic carbocycles. The summed E-state index contributed by atoms with van der Waals surface area (Å²) in [5.74, 6) is 1.03. The van der Waals surface area contributed by atoms with E-state index in [0.29, 0.717) is 12.5 Å². The molecule has 2 rings (SSSR count). The van der Waals surface area contributed by atoms with Crippen LogP contribution in [0.25, 0.3) is 0 Å². The van der Waals surface area contributed by atoms with Crippen molar-refractivity contribution in [2.24, 2.45) is 5.92 Å². The van der Waals surface area contributed by atoms with Crippen LogP contribution in [-0.2, 0) is 14.3 Å². The molecule has 0 aliphatic heterocycles. The van der Waals surface area contributed by atoms with Gasteiger partial charge in [0.2, 0.25) is 0 Å². The highest BCUT2D eigenvalue weighted by Gasteiger charge is 2.42. The number of ether oxygens (including phenoxy) is 2. The van der Waals surface area contributed by atoms with Crippen molar-refractivity contribution >= 4 is 5.78 Å². The van der Waals surface area contributed by atoms with Gasteiger partial charge in [0.15, 0.2) is 5.78 Å². The third kappa shape index (κ3) is 2.40. The van der Waals surface area contributed by atoms with Gasteiger partial charge in [-0.05, 0) is 31.6 Å². The number of Topliss-reactive ketones (excluding diaryl/α,β-unsaturated/α-hetero) is 1. The zero-order valence-electron chi connectivity index (χ0n) is 9.57. The van der Waals surface area contributed by atoms with Crippen LogP contribution in [0.2, 0.25) is 0 Å². The van der Waals surface area contributed by atoms with E-state index in [1.54, 1.807) is 7.11 Å². The van der Waals surface area contributed by atoms with Gasteiger partial charge in [-0.25, -0.2) is 0 Å². The molecule has 0 spiro atoms. The maximum absolute atomic E-state index is 11.2. The Morgan fingerprint density at radius 2 is 1.87 bits per heavy atom. The van der Waals surface area contributed by atoms with Crippen LogP contribution in [-0.4, -0.2) is 31.2 Å². The Hall–Kier alpha value is -0.410. The fourth-order valence-corrected chi connectivity index (χ4v) is 2.48. The molecule has 0 aromatic heterocycles. The molecule has 3 nitrogen and oxygen atoms in total. The first-order valence-electron chi connectivity index (χ1n) is 5.91. The highest BCUT2D eigenvalue weighted by Crippen LogP contribution is 2.30. The number of carbonyl (C=O) groups excluding carboxylic acids is 1. The largest absolute Gasteiger partial charge is 0.371 e. The zero-order chi connectivity index (χ0) is 10.8. The second-order valence-electron chi connectivity index (χ2n) is 4.88. The topological polar surface area (TPSA) is 35.5 Å². The third-order valence-corrected chi connectivity index (χ3v) is 3.64. The molecule has 0 radical (unpaired) electrons. The molecule has 0 aromatic rings. The van der Waals surface area contributed by atoms with Gasteiger partial charge in [-0.3, -0.25) is 4.79 Å². The molecule has 0 heterocycles. The summed E-state index contributed by atoms with van der Waals surface area (Å²) in [5, 5.41) is 0. The van der Waals surface area contributed by atoms with Crippen molar-refractivity contribution < 1.29 is 14.3 Å². The molecule has 2 saturated carbocycles. The van der Waals surface area contributed by atoms with Crippen LogP contribution in [0.3, 0.4) is 0 Å². The minimum absolute atomic E-state index is 0.0286. The van der Waals surface area contributed by atoms with Gasteiger partial charge >= 0.3 is 0 Å². The fraction of sp³-hybridized carbons (Fsp3) is 0.917. The van der Waals surface area contributed by atoms with E-state index in [4.69, 9.17) is 9.47 Å². The van der Waals surface area contributed by atoms with Gasteiger partial charge in [0.05, 0.1) is 12.2 Å². The Balaban J connectivity index is 1.75. The lowest BCUT2D eigenvalue weighted by Gasteiger charge is -2.37. The van der Waals surface area contributed by atoms with Gasteiger partial charge < -0.3 is 9.47 Å². The number of rotatable bonds is 3. The molecule has 0 aromatic carbocycles. The Labute approximate surface area is 91.1 Å². The molecule has 15 heavy (non-hydrogen) atoms. The highest BCUT2D eigenvalue weighted by atomic mass is 16.5. The molecular formula is C12H20O3. The standard InChI is InChI=1S/C12H20O3/c1-8-3-5-9(6-4-8)15-11-7-10(13)12(11)14-2/h8-9,11-12H,3-7H2,1-2H3. The summed E-state index contributed by atoms with van der Waals surface area (Å²) >= 11 is 0. The van der Waals surface area contributed by atoms with E-state index in [2.05, 4.69) is 6.92 Å². The Kier molecular flexibility index (Phi) is 3.42. The summed E-state index contributed by atoms with van der Waals surface area (Å²) in [4.78, 5) is 11.2. The van der Waals surface area contributed by atoms with E-state index in [9.17, 15) is 4.79 Å². The molecule has 86 valence electrons. The smallest absolute Gasteiger partial charge is 0.166 e. The maximum atomic E-state index is 11.2. The van der Waals surface area contributed by atoms with Gasteiger partial charge in [0, 0.05) is 13.5 Å². The van der Waals surface area contributed by atoms with E-state index in [-0.39, 0.29) is 18.0 Å². The van der Waals surface area contributed by atoms with Crippen LogP contribution >= 0.6 is 0 Å². The molecule has 2 aliphatic rings. The van der Waals surface area contributed by atoms with Gasteiger partial charge in [-0.2, -0.15) is 0 Å². The summed E-state index contributed by atoms with van der Waals surface area (Å²) < 4.78 is 11.0. The normalized spacial score (nSPS) is 41.3. The molecule has 2 unspecified atom stereocenters. The van der Waals surface area contributed by atoms with Crippen molar-refractivity contribution in [3.8, 4) is 0 Å². The van der Waals surface area contributed by atoms with Crippen LogP contribution in [0, 0.1) is 5.92 Å². The first-order chi connectivity index (χ1) is 7.20. The van der Waals surface area contributed by atoms with E-state index >= 15 is 0 Å². The summed E-state index contributed by atoms with van der Waals surface area (Å²) in [6, 6.07) is 0. The molecular weight excluding hydrogens is 192 g/mol. The maximum Gasteiger partial charge on any atom is 0.166 e. The molecule has 0 N–H and O–H groups in total. The van der Waals surface area contributed by atoms with Crippen molar-refractivity contribution in [3.05, 3.63) is 0 Å². The number of methoxy groups -OCH3 is 1. The van der Waals surface area contributed by atoms with E-state index in [1.807, 2.05) is 0 Å². The second-order valence-corrected chi connectivity index (χ2v) is 4.88. The van der Waals surface area contributed by atoms with E-state index in [1.165, 1.54) is 12.8 Å². The highest BCUT2D eigenvalue weighted by molar-refractivity contribution is 5.90. The van der Waals surface area contributed by atoms with Crippen molar-refractivity contribution in [1.29, 1.82) is 0 Å². The lowest BCUT2D eigenvalue weighted by atomic mass is 9.86. The van der Waals surface area contributed by atoms with E-state index < -0.39 is 0 Å². The quantitative estimate of drug-likeness (QED) is 0.717. The second kappa shape index (κ2) is 4.62. The number of ketones is 1. The van der Waals surface area contributed by atoms with Crippen molar-refractivity contribution in [3.63, 3.8) is 0 Å². The van der Waals surface area contributed by atoms with Crippen LogP contribution in [0.5, 0.6) is 0 Å². The van der Waals surface area contributed by atoms with Crippen molar-refractivity contribution in [2.75, 3.05) is 7.11 Å². The first kappa shape index (κ1) is 11.1. The minimum atomic E-state index is -0.288. The predicted molar refractivity (Wildman–Crippen MR) is 56.7 cm³/mol. The molecule has 2 fully saturated rings. The Bertz CT molecular complexity index is 231. The Morgan fingerprint density at radius 3 is 2.40 bits per heavy atom. The average Bonchev–Trinajstić information content (AvgIpc) is 2.21. The molecule has 0 bridgehead atoms. The van der Waals surface area contributed by atoms with Crippen molar-refractivity contribution in [1.82, 2.24) is 0 Å². The number of hydrogen-bond donors (Lipinski definition) is 0. The van der Waals surface area contributed by atoms with Gasteiger partial charge in [-0.1, -0.05) is 6.92 Å². The average molecular weight is 212 g/mol. The van der Waals surface area contributed by atoms with E-state index in [0.717, 1.165) is 18.8 Å². The zero-order valence-corrected chi connectivity index (χ0v) is 9.57. The molecule has 0 saturated heterocycles. The van der Waals surface area contributed by atoms with Crippen LogP contribution in [0.4, 0.5) is 0 Å². The Morgan fingerprint density at radius 1 is 1.20 bits per heavy atom. The monoisotopic (exact) mass is 212 g/mol. The predicted octanol–water partition coefficient (Wildman–Crippen LogP) is 1.94. The molecule has 2 atom stereocenters. The fourth-order valence-electron chi connectivity index (χ4n) is 2.48. The lowest BCUT2D eigenvalue weighted by molar-refractivity contribution is -0.171. The summed E-state index contributed by atoms with van der Waals surface area (Å²) in [5.41, 5.74) is 0. The van der Waals surface area contributed by atoms with Crippen molar-refractivity contribution in [2.45, 2.75) is 57.3 Å².